The van der Waals surface area contributed by atoms with Gasteiger partial charge in [-0.2, -0.15) is 17.0 Å². The molecule has 0 spiro atoms. The zero-order valence-corrected chi connectivity index (χ0v) is 13.0. The lowest BCUT2D eigenvalue weighted by Gasteiger charge is -2.00. The first-order chi connectivity index (χ1) is 8.33. The fourth-order valence-corrected chi connectivity index (χ4v) is 3.53. The summed E-state index contributed by atoms with van der Waals surface area (Å²) in [4.78, 5) is 4.34. The van der Waals surface area contributed by atoms with E-state index in [0.29, 0.717) is 0 Å². The Morgan fingerprint density at radius 3 is 2.29 bits per heavy atom. The van der Waals surface area contributed by atoms with Crippen LogP contribution >= 0.6 is 35.9 Å². The minimum atomic E-state index is 0.904. The van der Waals surface area contributed by atoms with Crippen LogP contribution in [-0.2, 0) is 0 Å². The predicted octanol–water partition coefficient (Wildman–Crippen LogP) is 4.60. The molecule has 0 amide bonds. The van der Waals surface area contributed by atoms with Gasteiger partial charge < -0.3 is 0 Å². The van der Waals surface area contributed by atoms with Gasteiger partial charge in [0.05, 0.1) is 0 Å². The molecule has 0 aliphatic carbocycles. The van der Waals surface area contributed by atoms with E-state index in [1.807, 2.05) is 18.7 Å². The highest BCUT2D eigenvalue weighted by Gasteiger charge is 2.00. The highest BCUT2D eigenvalue weighted by Crippen LogP contribution is 2.21. The van der Waals surface area contributed by atoms with Crippen molar-refractivity contribution in [1.82, 2.24) is 9.36 Å². The lowest BCUT2D eigenvalue weighted by molar-refractivity contribution is 0.605. The zero-order chi connectivity index (χ0) is 12.3. The lowest BCUT2D eigenvalue weighted by atomic mass is 10.1. The average Bonchev–Trinajstić information content (AvgIpc) is 2.73. The van der Waals surface area contributed by atoms with Gasteiger partial charge in [0.1, 0.15) is 5.82 Å². The first-order valence-electron chi connectivity index (χ1n) is 6.37. The van der Waals surface area contributed by atoms with Crippen LogP contribution in [0.3, 0.4) is 0 Å². The Morgan fingerprint density at radius 2 is 1.71 bits per heavy atom. The largest absolute Gasteiger partial charge is 0.213 e. The molecule has 0 bridgehead atoms. The maximum absolute atomic E-state index is 4.34. The van der Waals surface area contributed by atoms with Crippen molar-refractivity contribution in [1.29, 1.82) is 0 Å². The average molecular weight is 291 g/mol. The van der Waals surface area contributed by atoms with Crippen molar-refractivity contribution in [3.8, 4) is 0 Å². The van der Waals surface area contributed by atoms with Crippen molar-refractivity contribution in [2.45, 2.75) is 56.2 Å². The molecule has 0 aromatic carbocycles. The summed E-state index contributed by atoms with van der Waals surface area (Å²) in [5.74, 6) is 3.13. The van der Waals surface area contributed by atoms with Gasteiger partial charge in [0.2, 0.25) is 0 Å². The number of nitrogens with zero attached hydrogens (tertiary/aromatic N) is 2. The SMILES string of the molecule is Cc1nsc(SCCCCCCCCCS)n1. The molecule has 1 rings (SSSR count). The molecule has 0 aliphatic heterocycles. The molecule has 2 nitrogen and oxygen atoms in total. The molecule has 98 valence electrons. The first kappa shape index (κ1) is 15.3. The van der Waals surface area contributed by atoms with Crippen LogP contribution in [0.2, 0.25) is 0 Å². The number of rotatable bonds is 10. The van der Waals surface area contributed by atoms with Gasteiger partial charge in [0, 0.05) is 5.75 Å². The van der Waals surface area contributed by atoms with Crippen molar-refractivity contribution < 1.29 is 0 Å². The number of thioether (sulfide) groups is 1. The van der Waals surface area contributed by atoms with E-state index in [2.05, 4.69) is 22.0 Å². The highest BCUT2D eigenvalue weighted by molar-refractivity contribution is 8.00. The number of hydrogen-bond donors (Lipinski definition) is 1. The van der Waals surface area contributed by atoms with E-state index >= 15 is 0 Å². The molecule has 0 N–H and O–H groups in total. The Labute approximate surface area is 119 Å². The smallest absolute Gasteiger partial charge is 0.170 e. The van der Waals surface area contributed by atoms with Crippen LogP contribution < -0.4 is 0 Å². The van der Waals surface area contributed by atoms with Crippen molar-refractivity contribution in [2.24, 2.45) is 0 Å². The third-order valence-corrected chi connectivity index (χ3v) is 4.86. The molecule has 0 aliphatic rings. The third kappa shape index (κ3) is 8.06. The quantitative estimate of drug-likeness (QED) is 0.387. The number of aryl methyl sites for hydroxylation is 1. The van der Waals surface area contributed by atoms with E-state index in [1.165, 1.54) is 62.2 Å². The van der Waals surface area contributed by atoms with E-state index in [0.717, 1.165) is 15.9 Å². The Morgan fingerprint density at radius 1 is 1.06 bits per heavy atom. The third-order valence-electron chi connectivity index (χ3n) is 2.54. The summed E-state index contributed by atoms with van der Waals surface area (Å²) in [6.45, 7) is 1.95. The molecule has 0 atom stereocenters. The molecule has 1 aromatic heterocycles. The first-order valence-corrected chi connectivity index (χ1v) is 8.76. The second-order valence-electron chi connectivity index (χ2n) is 4.15. The molecule has 0 saturated carbocycles. The molecule has 0 fully saturated rings. The summed E-state index contributed by atoms with van der Waals surface area (Å²) < 4.78 is 5.30. The van der Waals surface area contributed by atoms with Crippen LogP contribution in [0.15, 0.2) is 4.34 Å². The molecule has 17 heavy (non-hydrogen) atoms. The van der Waals surface area contributed by atoms with E-state index < -0.39 is 0 Å². The van der Waals surface area contributed by atoms with Crippen LogP contribution in [0.5, 0.6) is 0 Å². The van der Waals surface area contributed by atoms with Crippen LogP contribution in [-0.4, -0.2) is 20.9 Å². The monoisotopic (exact) mass is 290 g/mol. The van der Waals surface area contributed by atoms with Crippen LogP contribution in [0.25, 0.3) is 0 Å². The zero-order valence-electron chi connectivity index (χ0n) is 10.5. The van der Waals surface area contributed by atoms with E-state index in [1.54, 1.807) is 0 Å². The number of unbranched alkanes of at least 4 members (excludes halogenated alkanes) is 6. The Balaban J connectivity index is 1.84. The molecule has 5 heteroatoms. The normalized spacial score (nSPS) is 10.9. The number of thiol groups is 1. The van der Waals surface area contributed by atoms with E-state index in [4.69, 9.17) is 0 Å². The van der Waals surface area contributed by atoms with Gasteiger partial charge in [-0.1, -0.05) is 43.9 Å². The summed E-state index contributed by atoms with van der Waals surface area (Å²) in [5.41, 5.74) is 0. The van der Waals surface area contributed by atoms with Gasteiger partial charge in [0.15, 0.2) is 4.34 Å². The summed E-state index contributed by atoms with van der Waals surface area (Å²) >= 11 is 7.58. The fraction of sp³-hybridized carbons (Fsp3) is 0.833. The number of hydrogen-bond acceptors (Lipinski definition) is 5. The molecule has 0 unspecified atom stereocenters. The standard InChI is InChI=1S/C12H22N2S3/c1-11-13-12(17-14-11)16-10-8-6-4-2-3-5-7-9-15/h15H,2-10H2,1H3. The van der Waals surface area contributed by atoms with E-state index in [-0.39, 0.29) is 0 Å². The van der Waals surface area contributed by atoms with Crippen molar-refractivity contribution in [3.63, 3.8) is 0 Å². The van der Waals surface area contributed by atoms with Gasteiger partial charge in [-0.05, 0) is 37.1 Å². The molecular formula is C12H22N2S3. The lowest BCUT2D eigenvalue weighted by Crippen LogP contribution is -1.84. The van der Waals surface area contributed by atoms with Crippen molar-refractivity contribution in [2.75, 3.05) is 11.5 Å². The van der Waals surface area contributed by atoms with Crippen LogP contribution in [0, 0.1) is 6.92 Å². The van der Waals surface area contributed by atoms with Crippen LogP contribution in [0.4, 0.5) is 0 Å². The minimum absolute atomic E-state index is 0.904. The van der Waals surface area contributed by atoms with E-state index in [9.17, 15) is 0 Å². The predicted molar refractivity (Wildman–Crippen MR) is 81.5 cm³/mol. The second kappa shape index (κ2) is 10.2. The van der Waals surface area contributed by atoms with Gasteiger partial charge >= 0.3 is 0 Å². The topological polar surface area (TPSA) is 25.8 Å². The molecular weight excluding hydrogens is 268 g/mol. The maximum atomic E-state index is 4.34. The maximum Gasteiger partial charge on any atom is 0.170 e. The van der Waals surface area contributed by atoms with Gasteiger partial charge in [-0.15, -0.1) is 0 Å². The van der Waals surface area contributed by atoms with Gasteiger partial charge in [-0.3, -0.25) is 0 Å². The summed E-state index contributed by atoms with van der Waals surface area (Å²) in [5, 5.41) is 0. The van der Waals surface area contributed by atoms with Gasteiger partial charge in [0.25, 0.3) is 0 Å². The Bertz CT molecular complexity index is 289. The van der Waals surface area contributed by atoms with Gasteiger partial charge in [-0.25, -0.2) is 4.98 Å². The van der Waals surface area contributed by atoms with Crippen molar-refractivity contribution in [3.05, 3.63) is 5.82 Å². The summed E-state index contributed by atoms with van der Waals surface area (Å²) in [6, 6.07) is 0. The van der Waals surface area contributed by atoms with Crippen LogP contribution in [0.1, 0.15) is 50.8 Å². The fourth-order valence-electron chi connectivity index (χ4n) is 1.59. The Hall–Kier alpha value is 0.260. The molecule has 1 aromatic rings. The highest BCUT2D eigenvalue weighted by atomic mass is 32.2. The summed E-state index contributed by atoms with van der Waals surface area (Å²) in [7, 11) is 0. The molecule has 0 saturated heterocycles. The molecule has 1 heterocycles. The Kier molecular flexibility index (Phi) is 9.20. The second-order valence-corrected chi connectivity index (χ2v) is 6.70. The molecule has 0 radical (unpaired) electrons. The number of aromatic nitrogens is 2. The summed E-state index contributed by atoms with van der Waals surface area (Å²) in [6.07, 6.45) is 9.42. The van der Waals surface area contributed by atoms with Crippen molar-refractivity contribution >= 4 is 35.9 Å². The minimum Gasteiger partial charge on any atom is -0.213 e.